The number of para-hydroxylation sites is 1. The van der Waals surface area contributed by atoms with Crippen LogP contribution in [0.5, 0.6) is 5.75 Å². The lowest BCUT2D eigenvalue weighted by atomic mass is 10.0. The molecule has 2 aromatic carbocycles. The van der Waals surface area contributed by atoms with Gasteiger partial charge in [-0.05, 0) is 43.9 Å². The Balaban J connectivity index is 1.94. The third kappa shape index (κ3) is 2.33. The number of benzene rings is 2. The molecule has 1 aliphatic carbocycles. The van der Waals surface area contributed by atoms with Gasteiger partial charge in [-0.3, -0.25) is 4.79 Å². The van der Waals surface area contributed by atoms with Crippen molar-refractivity contribution in [1.29, 1.82) is 0 Å². The molecule has 0 atom stereocenters. The van der Waals surface area contributed by atoms with Gasteiger partial charge in [0.25, 0.3) is 5.78 Å². The Bertz CT molecular complexity index is 947. The SMILES string of the molecule is O=C(O)C(=O)c1ccc(OC2CCCC2)c2oc3ccccc3c12. The quantitative estimate of drug-likeness (QED) is 0.575. The first kappa shape index (κ1) is 14.8. The number of carboxylic acid groups (broad SMARTS) is 1. The van der Waals surface area contributed by atoms with Crippen molar-refractivity contribution in [3.8, 4) is 5.75 Å². The third-order valence-electron chi connectivity index (χ3n) is 4.52. The smallest absolute Gasteiger partial charge is 0.377 e. The van der Waals surface area contributed by atoms with Crippen LogP contribution in [0, 0.1) is 0 Å². The second kappa shape index (κ2) is 5.67. The number of ketones is 1. The second-order valence-corrected chi connectivity index (χ2v) is 6.07. The highest BCUT2D eigenvalue weighted by atomic mass is 16.5. The lowest BCUT2D eigenvalue weighted by molar-refractivity contribution is -0.131. The molecular weight excluding hydrogens is 308 g/mol. The van der Waals surface area contributed by atoms with E-state index in [0.717, 1.165) is 25.7 Å². The zero-order valence-electron chi connectivity index (χ0n) is 13.0. The molecule has 1 fully saturated rings. The number of hydrogen-bond donors (Lipinski definition) is 1. The average Bonchev–Trinajstić information content (AvgIpc) is 3.22. The molecule has 1 heterocycles. The Morgan fingerprint density at radius 1 is 1.08 bits per heavy atom. The molecule has 5 heteroatoms. The lowest BCUT2D eigenvalue weighted by Crippen LogP contribution is -2.14. The highest BCUT2D eigenvalue weighted by Gasteiger charge is 2.25. The summed E-state index contributed by atoms with van der Waals surface area (Å²) in [5.41, 5.74) is 1.17. The van der Waals surface area contributed by atoms with E-state index in [0.29, 0.717) is 27.7 Å². The fraction of sp³-hybridized carbons (Fsp3) is 0.263. The molecule has 0 radical (unpaired) electrons. The van der Waals surface area contributed by atoms with Crippen molar-refractivity contribution >= 4 is 33.7 Å². The highest BCUT2D eigenvalue weighted by molar-refractivity contribution is 6.43. The number of fused-ring (bicyclic) bond motifs is 3. The number of Topliss-reactive ketones (excluding diaryl/α,β-unsaturated/α-hetero) is 1. The summed E-state index contributed by atoms with van der Waals surface area (Å²) in [6.45, 7) is 0. The van der Waals surface area contributed by atoms with Gasteiger partial charge in [-0.15, -0.1) is 0 Å². The summed E-state index contributed by atoms with van der Waals surface area (Å²) in [5.74, 6) is -1.86. The van der Waals surface area contributed by atoms with Gasteiger partial charge >= 0.3 is 5.97 Å². The molecule has 5 nitrogen and oxygen atoms in total. The number of furan rings is 1. The molecule has 24 heavy (non-hydrogen) atoms. The highest BCUT2D eigenvalue weighted by Crippen LogP contribution is 2.38. The van der Waals surface area contributed by atoms with Crippen molar-refractivity contribution in [3.63, 3.8) is 0 Å². The molecule has 0 aliphatic heterocycles. The fourth-order valence-corrected chi connectivity index (χ4v) is 3.39. The Morgan fingerprint density at radius 3 is 2.58 bits per heavy atom. The molecule has 1 saturated carbocycles. The maximum atomic E-state index is 12.1. The largest absolute Gasteiger partial charge is 0.486 e. The standard InChI is InChI=1S/C19H16O5/c20-17(19(21)22)13-9-10-15(23-11-5-1-2-6-11)18-16(13)12-7-3-4-8-14(12)24-18/h3-4,7-11H,1-2,5-6H2,(H,21,22). The molecule has 4 rings (SSSR count). The van der Waals surface area contributed by atoms with Crippen LogP contribution >= 0.6 is 0 Å². The van der Waals surface area contributed by atoms with Gasteiger partial charge in [0.1, 0.15) is 5.58 Å². The summed E-state index contributed by atoms with van der Waals surface area (Å²) >= 11 is 0. The summed E-state index contributed by atoms with van der Waals surface area (Å²) in [4.78, 5) is 23.2. The Hall–Kier alpha value is -2.82. The predicted molar refractivity (Wildman–Crippen MR) is 88.6 cm³/mol. The number of hydrogen-bond acceptors (Lipinski definition) is 4. The van der Waals surface area contributed by atoms with E-state index >= 15 is 0 Å². The van der Waals surface area contributed by atoms with Crippen LogP contribution in [-0.2, 0) is 4.79 Å². The first-order valence-corrected chi connectivity index (χ1v) is 8.03. The van der Waals surface area contributed by atoms with E-state index in [9.17, 15) is 9.59 Å². The Kier molecular flexibility index (Phi) is 3.49. The minimum atomic E-state index is -1.48. The Morgan fingerprint density at radius 2 is 1.83 bits per heavy atom. The van der Waals surface area contributed by atoms with Crippen LogP contribution in [0.4, 0.5) is 0 Å². The number of carboxylic acids is 1. The summed E-state index contributed by atoms with van der Waals surface area (Å²) in [7, 11) is 0. The normalized spacial score (nSPS) is 15.2. The van der Waals surface area contributed by atoms with Crippen LogP contribution in [-0.4, -0.2) is 23.0 Å². The topological polar surface area (TPSA) is 76.7 Å². The molecule has 3 aromatic rings. The van der Waals surface area contributed by atoms with E-state index < -0.39 is 11.8 Å². The van der Waals surface area contributed by atoms with Crippen LogP contribution < -0.4 is 4.74 Å². The van der Waals surface area contributed by atoms with Gasteiger partial charge in [0.05, 0.1) is 6.10 Å². The van der Waals surface area contributed by atoms with Crippen LogP contribution in [0.25, 0.3) is 21.9 Å². The van der Waals surface area contributed by atoms with Crippen LogP contribution in [0.15, 0.2) is 40.8 Å². The van der Waals surface area contributed by atoms with Crippen molar-refractivity contribution in [2.75, 3.05) is 0 Å². The van der Waals surface area contributed by atoms with Gasteiger partial charge in [-0.2, -0.15) is 0 Å². The first-order chi connectivity index (χ1) is 11.6. The number of carbonyl (C=O) groups excluding carboxylic acids is 1. The molecular formula is C19H16O5. The minimum Gasteiger partial charge on any atom is -0.486 e. The molecule has 0 spiro atoms. The molecule has 0 bridgehead atoms. The van der Waals surface area contributed by atoms with Crippen molar-refractivity contribution in [2.45, 2.75) is 31.8 Å². The van der Waals surface area contributed by atoms with Gasteiger partial charge in [-0.25, -0.2) is 4.79 Å². The van der Waals surface area contributed by atoms with Crippen LogP contribution in [0.2, 0.25) is 0 Å². The van der Waals surface area contributed by atoms with Crippen molar-refractivity contribution in [3.05, 3.63) is 42.0 Å². The van der Waals surface area contributed by atoms with Gasteiger partial charge in [0.2, 0.25) is 0 Å². The van der Waals surface area contributed by atoms with Crippen molar-refractivity contribution in [2.24, 2.45) is 0 Å². The Labute approximate surface area is 137 Å². The molecule has 1 N–H and O–H groups in total. The molecule has 0 amide bonds. The fourth-order valence-electron chi connectivity index (χ4n) is 3.39. The molecule has 1 aliphatic rings. The number of rotatable bonds is 4. The summed E-state index contributed by atoms with van der Waals surface area (Å²) < 4.78 is 12.0. The third-order valence-corrected chi connectivity index (χ3v) is 4.52. The van der Waals surface area contributed by atoms with E-state index in [2.05, 4.69) is 0 Å². The number of ether oxygens (including phenoxy) is 1. The summed E-state index contributed by atoms with van der Waals surface area (Å²) in [6, 6.07) is 10.4. The second-order valence-electron chi connectivity index (χ2n) is 6.07. The minimum absolute atomic E-state index is 0.126. The average molecular weight is 324 g/mol. The van der Waals surface area contributed by atoms with Gasteiger partial charge < -0.3 is 14.3 Å². The van der Waals surface area contributed by atoms with E-state index in [1.54, 1.807) is 12.1 Å². The molecule has 122 valence electrons. The molecule has 1 aromatic heterocycles. The van der Waals surface area contributed by atoms with Gasteiger partial charge in [-0.1, -0.05) is 18.2 Å². The predicted octanol–water partition coefficient (Wildman–Crippen LogP) is 4.17. The maximum Gasteiger partial charge on any atom is 0.377 e. The zero-order chi connectivity index (χ0) is 16.7. The van der Waals surface area contributed by atoms with Crippen LogP contribution in [0.1, 0.15) is 36.0 Å². The van der Waals surface area contributed by atoms with Gasteiger partial charge in [0, 0.05) is 16.3 Å². The van der Waals surface area contributed by atoms with E-state index in [1.807, 2.05) is 18.2 Å². The van der Waals surface area contributed by atoms with Crippen molar-refractivity contribution < 1.29 is 23.8 Å². The monoisotopic (exact) mass is 324 g/mol. The van der Waals surface area contributed by atoms with E-state index in [-0.39, 0.29) is 11.7 Å². The summed E-state index contributed by atoms with van der Waals surface area (Å²) in [6.07, 6.45) is 4.42. The summed E-state index contributed by atoms with van der Waals surface area (Å²) in [5, 5.41) is 10.3. The lowest BCUT2D eigenvalue weighted by Gasteiger charge is -2.13. The van der Waals surface area contributed by atoms with Crippen LogP contribution in [0.3, 0.4) is 0 Å². The maximum absolute atomic E-state index is 12.1. The van der Waals surface area contributed by atoms with Crippen molar-refractivity contribution in [1.82, 2.24) is 0 Å². The number of carbonyl (C=O) groups is 2. The number of aliphatic carboxylic acids is 1. The molecule has 0 saturated heterocycles. The van der Waals surface area contributed by atoms with Gasteiger partial charge in [0.15, 0.2) is 11.3 Å². The van der Waals surface area contributed by atoms with E-state index in [1.165, 1.54) is 6.07 Å². The molecule has 0 unspecified atom stereocenters. The first-order valence-electron chi connectivity index (χ1n) is 8.03. The van der Waals surface area contributed by atoms with E-state index in [4.69, 9.17) is 14.3 Å². The zero-order valence-corrected chi connectivity index (χ0v) is 13.0.